The van der Waals surface area contributed by atoms with E-state index in [1.807, 2.05) is 23.1 Å². The maximum atomic E-state index is 14.5. The second-order valence-electron chi connectivity index (χ2n) is 10.7. The van der Waals surface area contributed by atoms with Gasteiger partial charge in [-0.3, -0.25) is 9.59 Å². The molecule has 0 aliphatic carbocycles. The first-order valence-corrected chi connectivity index (χ1v) is 15.0. The lowest BCUT2D eigenvalue weighted by atomic mass is 9.74. The Morgan fingerprint density at radius 1 is 0.829 bits per heavy atom. The van der Waals surface area contributed by atoms with Gasteiger partial charge in [0.2, 0.25) is 5.91 Å². The fourth-order valence-corrected chi connectivity index (χ4v) is 6.60. The highest BCUT2D eigenvalue weighted by atomic mass is 16.5. The molecular formula is C34H42N4O3. The first-order valence-electron chi connectivity index (χ1n) is 15.0. The Hall–Kier alpha value is -4.00. The summed E-state index contributed by atoms with van der Waals surface area (Å²) in [5.74, 6) is 1.24. The highest BCUT2D eigenvalue weighted by Gasteiger charge is 2.56. The van der Waals surface area contributed by atoms with Crippen LogP contribution in [0.4, 0.5) is 17.1 Å². The summed E-state index contributed by atoms with van der Waals surface area (Å²) in [5.41, 5.74) is 5.16. The van der Waals surface area contributed by atoms with E-state index < -0.39 is 5.54 Å². The zero-order chi connectivity index (χ0) is 29.3. The van der Waals surface area contributed by atoms with Gasteiger partial charge in [-0.15, -0.1) is 0 Å². The molecule has 7 heteroatoms. The van der Waals surface area contributed by atoms with Crippen molar-refractivity contribution in [2.75, 3.05) is 47.8 Å². The lowest BCUT2D eigenvalue weighted by Gasteiger charge is -2.45. The number of unbranched alkanes of at least 4 members (excludes halogenated alkanes) is 1. The molecule has 3 aromatic carbocycles. The van der Waals surface area contributed by atoms with E-state index >= 15 is 0 Å². The summed E-state index contributed by atoms with van der Waals surface area (Å²) in [7, 11) is 0. The first kappa shape index (κ1) is 28.5. The Morgan fingerprint density at radius 2 is 1.39 bits per heavy atom. The molecule has 1 spiro atoms. The van der Waals surface area contributed by atoms with E-state index in [4.69, 9.17) is 4.74 Å². The van der Waals surface area contributed by atoms with Crippen molar-refractivity contribution < 1.29 is 14.3 Å². The average molecular weight is 555 g/mol. The third kappa shape index (κ3) is 4.52. The van der Waals surface area contributed by atoms with E-state index in [9.17, 15) is 9.59 Å². The summed E-state index contributed by atoms with van der Waals surface area (Å²) in [5, 5.41) is 2.93. The molecule has 0 aromatic heterocycles. The molecule has 0 atom stereocenters. The molecule has 41 heavy (non-hydrogen) atoms. The van der Waals surface area contributed by atoms with Crippen LogP contribution in [-0.4, -0.2) is 49.4 Å². The molecule has 3 aromatic rings. The Kier molecular flexibility index (Phi) is 7.98. The van der Waals surface area contributed by atoms with E-state index in [2.05, 4.69) is 86.1 Å². The van der Waals surface area contributed by atoms with Crippen molar-refractivity contribution in [3.05, 3.63) is 76.9 Å². The highest BCUT2D eigenvalue weighted by molar-refractivity contribution is 6.09. The van der Waals surface area contributed by atoms with Gasteiger partial charge >= 0.3 is 0 Å². The fourth-order valence-electron chi connectivity index (χ4n) is 6.60. The monoisotopic (exact) mass is 554 g/mol. The van der Waals surface area contributed by atoms with Crippen LogP contribution in [0.1, 0.15) is 81.4 Å². The summed E-state index contributed by atoms with van der Waals surface area (Å²) in [4.78, 5) is 33.3. The lowest BCUT2D eigenvalue weighted by molar-refractivity contribution is -0.114. The number of fused-ring (bicyclic) bond motifs is 6. The molecule has 1 N–H and O–H groups in total. The van der Waals surface area contributed by atoms with Gasteiger partial charge in [0.05, 0.1) is 11.3 Å². The van der Waals surface area contributed by atoms with Crippen molar-refractivity contribution >= 4 is 28.9 Å². The third-order valence-electron chi connectivity index (χ3n) is 8.55. The Labute approximate surface area is 244 Å². The van der Waals surface area contributed by atoms with Crippen LogP contribution < -0.4 is 19.9 Å². The molecule has 2 heterocycles. The molecule has 0 fully saturated rings. The van der Waals surface area contributed by atoms with Gasteiger partial charge in [-0.1, -0.05) is 37.6 Å². The normalized spacial score (nSPS) is 14.3. The number of carbonyl (C=O) groups excluding carboxylic acids is 2. The van der Waals surface area contributed by atoms with Gasteiger partial charge in [0.15, 0.2) is 0 Å². The predicted octanol–water partition coefficient (Wildman–Crippen LogP) is 6.99. The molecule has 7 nitrogen and oxygen atoms in total. The highest BCUT2D eigenvalue weighted by Crippen LogP contribution is 2.59. The minimum atomic E-state index is -0.886. The van der Waals surface area contributed by atoms with E-state index in [0.29, 0.717) is 17.8 Å². The molecule has 0 radical (unpaired) electrons. The first-order chi connectivity index (χ1) is 19.8. The zero-order valence-electron chi connectivity index (χ0n) is 25.2. The van der Waals surface area contributed by atoms with Crippen molar-refractivity contribution in [1.82, 2.24) is 4.90 Å². The zero-order valence-corrected chi connectivity index (χ0v) is 25.2. The topological polar surface area (TPSA) is 65.1 Å². The largest absolute Gasteiger partial charge is 0.456 e. The maximum Gasteiger partial charge on any atom is 0.257 e. The lowest BCUT2D eigenvalue weighted by Crippen LogP contribution is -2.47. The third-order valence-corrected chi connectivity index (χ3v) is 8.55. The van der Waals surface area contributed by atoms with Crippen molar-refractivity contribution in [1.29, 1.82) is 0 Å². The van der Waals surface area contributed by atoms with Crippen LogP contribution in [-0.2, 0) is 10.3 Å². The Bertz CT molecular complexity index is 1400. The minimum absolute atomic E-state index is 0.0720. The van der Waals surface area contributed by atoms with Gasteiger partial charge in [0.1, 0.15) is 17.0 Å². The van der Waals surface area contributed by atoms with Crippen LogP contribution in [0.2, 0.25) is 0 Å². The minimum Gasteiger partial charge on any atom is -0.456 e. The second-order valence-corrected chi connectivity index (χ2v) is 10.7. The summed E-state index contributed by atoms with van der Waals surface area (Å²) in [6.07, 6.45) is 1.81. The van der Waals surface area contributed by atoms with Crippen LogP contribution in [0.15, 0.2) is 54.6 Å². The number of anilines is 3. The molecule has 2 amide bonds. The SMILES string of the molecule is CCCCN1C(=O)c2c(NC(C)=O)cccc2C12c1ccc(N(CC)CC)cc1Oc1cc(N(CC)CC)ccc12. The van der Waals surface area contributed by atoms with Crippen LogP contribution in [0.25, 0.3) is 0 Å². The summed E-state index contributed by atoms with van der Waals surface area (Å²) >= 11 is 0. The predicted molar refractivity (Wildman–Crippen MR) is 167 cm³/mol. The van der Waals surface area contributed by atoms with Gasteiger partial charge in [-0.2, -0.15) is 0 Å². The van der Waals surface area contributed by atoms with Crippen LogP contribution in [0.5, 0.6) is 11.5 Å². The molecule has 216 valence electrons. The van der Waals surface area contributed by atoms with E-state index in [1.165, 1.54) is 6.92 Å². The van der Waals surface area contributed by atoms with Gasteiger partial charge < -0.3 is 24.8 Å². The number of rotatable bonds is 10. The summed E-state index contributed by atoms with van der Waals surface area (Å²) in [6.45, 7) is 16.3. The molecule has 0 unspecified atom stereocenters. The van der Waals surface area contributed by atoms with Gasteiger partial charge in [-0.25, -0.2) is 0 Å². The molecule has 0 saturated carbocycles. The number of carbonyl (C=O) groups is 2. The van der Waals surface area contributed by atoms with Crippen molar-refractivity contribution in [3.8, 4) is 11.5 Å². The number of hydrogen-bond acceptors (Lipinski definition) is 5. The number of ether oxygens (including phenoxy) is 1. The van der Waals surface area contributed by atoms with E-state index in [1.54, 1.807) is 0 Å². The van der Waals surface area contributed by atoms with Gasteiger partial charge in [-0.05, 0) is 52.3 Å². The molecule has 5 rings (SSSR count). The number of benzene rings is 3. The number of amides is 2. The van der Waals surface area contributed by atoms with Gasteiger partial charge in [0, 0.05) is 79.8 Å². The smallest absolute Gasteiger partial charge is 0.257 e. The van der Waals surface area contributed by atoms with Crippen LogP contribution >= 0.6 is 0 Å². The van der Waals surface area contributed by atoms with Gasteiger partial charge in [0.25, 0.3) is 5.91 Å². The second kappa shape index (κ2) is 11.5. The van der Waals surface area contributed by atoms with Crippen molar-refractivity contribution in [3.63, 3.8) is 0 Å². The summed E-state index contributed by atoms with van der Waals surface area (Å²) < 4.78 is 6.76. The molecule has 0 bridgehead atoms. The number of hydrogen-bond donors (Lipinski definition) is 1. The summed E-state index contributed by atoms with van der Waals surface area (Å²) in [6, 6.07) is 18.6. The standard InChI is InChI=1S/C34H42N4O3/c1-7-12-20-38-33(40)32-28(14-13-15-29(32)35-23(6)39)34(38)26-18-16-24(36(8-2)9-3)21-30(26)41-31-22-25(17-19-27(31)34)37(10-4)11-5/h13-19,21-22H,7-12,20H2,1-6H3,(H,35,39). The Balaban J connectivity index is 1.85. The number of nitrogens with one attached hydrogen (secondary N) is 1. The number of nitrogens with zero attached hydrogens (tertiary/aromatic N) is 3. The fraction of sp³-hybridized carbons (Fsp3) is 0.412. The average Bonchev–Trinajstić information content (AvgIpc) is 3.21. The molecule has 2 aliphatic rings. The van der Waals surface area contributed by atoms with Crippen LogP contribution in [0, 0.1) is 0 Å². The molecule has 0 saturated heterocycles. The molecule has 2 aliphatic heterocycles. The van der Waals surface area contributed by atoms with E-state index in [0.717, 1.165) is 78.6 Å². The van der Waals surface area contributed by atoms with Crippen LogP contribution in [0.3, 0.4) is 0 Å². The van der Waals surface area contributed by atoms with Crippen molar-refractivity contribution in [2.24, 2.45) is 0 Å². The van der Waals surface area contributed by atoms with E-state index in [-0.39, 0.29) is 11.8 Å². The Morgan fingerprint density at radius 3 is 1.88 bits per heavy atom. The maximum absolute atomic E-state index is 14.5. The molecular weight excluding hydrogens is 512 g/mol. The quantitative estimate of drug-likeness (QED) is 0.293. The van der Waals surface area contributed by atoms with Crippen molar-refractivity contribution in [2.45, 2.75) is 59.9 Å².